The van der Waals surface area contributed by atoms with Gasteiger partial charge in [-0.3, -0.25) is 4.79 Å². The summed E-state index contributed by atoms with van der Waals surface area (Å²) >= 11 is 13.5. The third-order valence-electron chi connectivity index (χ3n) is 3.90. The molecule has 0 saturated heterocycles. The molecule has 1 saturated carbocycles. The molecule has 0 radical (unpaired) electrons. The zero-order valence-corrected chi connectivity index (χ0v) is 16.9. The molecule has 1 fully saturated rings. The number of thioether (sulfide) groups is 1. The SMILES string of the molecule is CCn1c(SCC(=O)NC2CC2)nnc1C(C)Oc1cc(Cl)ccc1Cl. The normalized spacial score (nSPS) is 14.9. The summed E-state index contributed by atoms with van der Waals surface area (Å²) in [6.45, 7) is 4.55. The molecular weight excluding hydrogens is 395 g/mol. The van der Waals surface area contributed by atoms with Crippen LogP contribution in [0.25, 0.3) is 0 Å². The lowest BCUT2D eigenvalue weighted by atomic mass is 10.3. The molecule has 1 heterocycles. The maximum Gasteiger partial charge on any atom is 0.230 e. The number of carbonyl (C=O) groups excluding carboxylic acids is 1. The number of hydrogen-bond donors (Lipinski definition) is 1. The highest BCUT2D eigenvalue weighted by molar-refractivity contribution is 7.99. The molecule has 1 atom stereocenters. The molecule has 1 unspecified atom stereocenters. The van der Waals surface area contributed by atoms with Gasteiger partial charge in [0.1, 0.15) is 5.75 Å². The Balaban J connectivity index is 1.67. The minimum absolute atomic E-state index is 0.0275. The fourth-order valence-electron chi connectivity index (χ4n) is 2.44. The van der Waals surface area contributed by atoms with Crippen molar-refractivity contribution in [2.75, 3.05) is 5.75 Å². The van der Waals surface area contributed by atoms with Gasteiger partial charge in [0, 0.05) is 23.7 Å². The van der Waals surface area contributed by atoms with Crippen LogP contribution in [0.2, 0.25) is 10.0 Å². The highest BCUT2D eigenvalue weighted by Crippen LogP contribution is 2.32. The molecule has 0 bridgehead atoms. The van der Waals surface area contributed by atoms with Crippen molar-refractivity contribution in [1.29, 1.82) is 0 Å². The lowest BCUT2D eigenvalue weighted by Crippen LogP contribution is -2.27. The quantitative estimate of drug-likeness (QED) is 0.657. The number of carbonyl (C=O) groups is 1. The first-order chi connectivity index (χ1) is 12.5. The van der Waals surface area contributed by atoms with Crippen LogP contribution in [-0.2, 0) is 11.3 Å². The number of nitrogens with zero attached hydrogens (tertiary/aromatic N) is 3. The summed E-state index contributed by atoms with van der Waals surface area (Å²) in [5.74, 6) is 1.52. The van der Waals surface area contributed by atoms with Crippen molar-refractivity contribution in [3.8, 4) is 5.75 Å². The molecule has 6 nitrogen and oxygen atoms in total. The first-order valence-corrected chi connectivity index (χ1v) is 10.2. The molecule has 1 aliphatic carbocycles. The second kappa shape index (κ2) is 8.50. The smallest absolute Gasteiger partial charge is 0.230 e. The molecule has 3 rings (SSSR count). The molecule has 1 amide bonds. The number of rotatable bonds is 8. The van der Waals surface area contributed by atoms with Crippen molar-refractivity contribution in [3.05, 3.63) is 34.1 Å². The van der Waals surface area contributed by atoms with Gasteiger partial charge < -0.3 is 14.6 Å². The van der Waals surface area contributed by atoms with Crippen molar-refractivity contribution >= 4 is 40.9 Å². The van der Waals surface area contributed by atoms with Crippen LogP contribution < -0.4 is 10.1 Å². The Morgan fingerprint density at radius 3 is 2.88 bits per heavy atom. The molecule has 0 spiro atoms. The summed E-state index contributed by atoms with van der Waals surface area (Å²) in [7, 11) is 0. The van der Waals surface area contributed by atoms with Gasteiger partial charge in [-0.15, -0.1) is 10.2 Å². The number of aromatic nitrogens is 3. The van der Waals surface area contributed by atoms with Crippen molar-refractivity contribution in [2.24, 2.45) is 0 Å². The van der Waals surface area contributed by atoms with Gasteiger partial charge in [-0.1, -0.05) is 35.0 Å². The molecular formula is C17H20Cl2N4O2S. The zero-order chi connectivity index (χ0) is 18.7. The first-order valence-electron chi connectivity index (χ1n) is 8.45. The third-order valence-corrected chi connectivity index (χ3v) is 5.41. The van der Waals surface area contributed by atoms with Gasteiger partial charge in [0.2, 0.25) is 5.91 Å². The van der Waals surface area contributed by atoms with Crippen LogP contribution in [0.1, 0.15) is 38.6 Å². The zero-order valence-electron chi connectivity index (χ0n) is 14.5. The third kappa shape index (κ3) is 4.84. The summed E-state index contributed by atoms with van der Waals surface area (Å²) in [6, 6.07) is 5.43. The van der Waals surface area contributed by atoms with E-state index < -0.39 is 0 Å². The van der Waals surface area contributed by atoms with Crippen LogP contribution in [0.3, 0.4) is 0 Å². The van der Waals surface area contributed by atoms with Gasteiger partial charge in [-0.2, -0.15) is 0 Å². The fraction of sp³-hybridized carbons (Fsp3) is 0.471. The Morgan fingerprint density at radius 2 is 2.19 bits per heavy atom. The first kappa shape index (κ1) is 19.3. The summed E-state index contributed by atoms with van der Waals surface area (Å²) in [5, 5.41) is 13.2. The van der Waals surface area contributed by atoms with Crippen molar-refractivity contribution in [2.45, 2.75) is 50.5 Å². The molecule has 1 N–H and O–H groups in total. The van der Waals surface area contributed by atoms with E-state index in [-0.39, 0.29) is 12.0 Å². The maximum atomic E-state index is 11.9. The van der Waals surface area contributed by atoms with Gasteiger partial charge in [0.15, 0.2) is 17.1 Å². The predicted molar refractivity (Wildman–Crippen MR) is 103 cm³/mol. The number of amides is 1. The van der Waals surface area contributed by atoms with Crippen LogP contribution in [0, 0.1) is 0 Å². The Hall–Kier alpha value is -1.44. The Kier molecular flexibility index (Phi) is 6.32. The second-order valence-electron chi connectivity index (χ2n) is 6.05. The van der Waals surface area contributed by atoms with Crippen LogP contribution in [0.4, 0.5) is 0 Å². The summed E-state index contributed by atoms with van der Waals surface area (Å²) in [5.41, 5.74) is 0. The van der Waals surface area contributed by atoms with Crippen LogP contribution in [0.15, 0.2) is 23.4 Å². The summed E-state index contributed by atoms with van der Waals surface area (Å²) < 4.78 is 7.87. The average Bonchev–Trinajstić information content (AvgIpc) is 3.32. The van der Waals surface area contributed by atoms with E-state index in [1.54, 1.807) is 18.2 Å². The molecule has 1 aromatic carbocycles. The molecule has 26 heavy (non-hydrogen) atoms. The van der Waals surface area contributed by atoms with Crippen LogP contribution in [-0.4, -0.2) is 32.5 Å². The Bertz CT molecular complexity index is 795. The standard InChI is InChI=1S/C17H20Cl2N4O2S/c1-3-23-16(10(2)25-14-8-11(18)4-7-13(14)19)21-22-17(23)26-9-15(24)20-12-5-6-12/h4,7-8,10,12H,3,5-6,9H2,1-2H3,(H,20,24). The Labute approximate surface area is 166 Å². The van der Waals surface area contributed by atoms with E-state index in [2.05, 4.69) is 15.5 Å². The second-order valence-corrected chi connectivity index (χ2v) is 7.84. The minimum Gasteiger partial charge on any atom is -0.481 e. The average molecular weight is 415 g/mol. The Morgan fingerprint density at radius 1 is 1.42 bits per heavy atom. The van der Waals surface area contributed by atoms with E-state index >= 15 is 0 Å². The number of hydrogen-bond acceptors (Lipinski definition) is 5. The van der Waals surface area contributed by atoms with Crippen LogP contribution >= 0.6 is 35.0 Å². The molecule has 1 aliphatic rings. The van der Waals surface area contributed by atoms with Gasteiger partial charge in [-0.25, -0.2) is 0 Å². The number of halogens is 2. The molecule has 140 valence electrons. The van der Waals surface area contributed by atoms with E-state index in [9.17, 15) is 4.79 Å². The van der Waals surface area contributed by atoms with E-state index in [0.717, 1.165) is 12.8 Å². The minimum atomic E-state index is -0.368. The highest BCUT2D eigenvalue weighted by atomic mass is 35.5. The molecule has 2 aromatic rings. The van der Waals surface area contributed by atoms with E-state index in [1.165, 1.54) is 11.8 Å². The van der Waals surface area contributed by atoms with Crippen molar-refractivity contribution in [3.63, 3.8) is 0 Å². The number of nitrogens with one attached hydrogen (secondary N) is 1. The van der Waals surface area contributed by atoms with Gasteiger partial charge in [0.25, 0.3) is 0 Å². The lowest BCUT2D eigenvalue weighted by molar-refractivity contribution is -0.118. The largest absolute Gasteiger partial charge is 0.481 e. The number of benzene rings is 1. The molecule has 0 aliphatic heterocycles. The number of ether oxygens (including phenoxy) is 1. The van der Waals surface area contributed by atoms with E-state index in [0.29, 0.717) is 45.1 Å². The van der Waals surface area contributed by atoms with Crippen molar-refractivity contribution < 1.29 is 9.53 Å². The van der Waals surface area contributed by atoms with E-state index in [4.69, 9.17) is 27.9 Å². The molecule has 1 aromatic heterocycles. The van der Waals surface area contributed by atoms with Gasteiger partial charge in [-0.05, 0) is 38.8 Å². The van der Waals surface area contributed by atoms with E-state index in [1.807, 2.05) is 18.4 Å². The summed E-state index contributed by atoms with van der Waals surface area (Å²) in [4.78, 5) is 11.9. The highest BCUT2D eigenvalue weighted by Gasteiger charge is 2.24. The lowest BCUT2D eigenvalue weighted by Gasteiger charge is -2.16. The van der Waals surface area contributed by atoms with Crippen LogP contribution in [0.5, 0.6) is 5.75 Å². The van der Waals surface area contributed by atoms with Gasteiger partial charge in [0.05, 0.1) is 10.8 Å². The summed E-state index contributed by atoms with van der Waals surface area (Å²) in [6.07, 6.45) is 1.78. The predicted octanol–water partition coefficient (Wildman–Crippen LogP) is 4.12. The molecule has 9 heteroatoms. The monoisotopic (exact) mass is 414 g/mol. The topological polar surface area (TPSA) is 69.0 Å². The van der Waals surface area contributed by atoms with Crippen molar-refractivity contribution in [1.82, 2.24) is 20.1 Å². The van der Waals surface area contributed by atoms with Gasteiger partial charge >= 0.3 is 0 Å². The fourth-order valence-corrected chi connectivity index (χ4v) is 3.59. The maximum absolute atomic E-state index is 11.9.